The molecule has 0 unspecified atom stereocenters. The molecule has 1 amide bonds. The van der Waals surface area contributed by atoms with Gasteiger partial charge >= 0.3 is 0 Å². The summed E-state index contributed by atoms with van der Waals surface area (Å²) in [4.78, 5) is 15.4. The normalized spacial score (nSPS) is 11.5. The predicted octanol–water partition coefficient (Wildman–Crippen LogP) is 4.28. The molecule has 0 saturated carbocycles. The number of rotatable bonds is 7. The van der Waals surface area contributed by atoms with Crippen molar-refractivity contribution in [1.29, 1.82) is 0 Å². The number of aryl methyl sites for hydroxylation is 1. The highest BCUT2D eigenvalue weighted by molar-refractivity contribution is 9.10. The molecular formula is C19H18BrClN2O4S. The lowest BCUT2D eigenvalue weighted by atomic mass is 10.1. The fourth-order valence-corrected chi connectivity index (χ4v) is 3.90. The van der Waals surface area contributed by atoms with Crippen molar-refractivity contribution in [1.82, 2.24) is 9.71 Å². The predicted molar refractivity (Wildman–Crippen MR) is 114 cm³/mol. The standard InChI is InChI=1S/C19H18BrClN2O4S/c1-28(25,26)23-19(24)18-14(13-9-8-12(21)11-16(13)22-18)5-4-10-27-17-7-3-2-6-15(17)20/h2-3,6-9,11,22H,4-5,10H2,1H3,(H,23,24). The third kappa shape index (κ3) is 5.06. The van der Waals surface area contributed by atoms with Crippen LogP contribution in [0.25, 0.3) is 10.9 Å². The van der Waals surface area contributed by atoms with Gasteiger partial charge in [0.25, 0.3) is 5.91 Å². The molecule has 2 N–H and O–H groups in total. The summed E-state index contributed by atoms with van der Waals surface area (Å²) in [7, 11) is -3.68. The lowest BCUT2D eigenvalue weighted by molar-refractivity contribution is 0.0976. The van der Waals surface area contributed by atoms with Crippen molar-refractivity contribution in [2.45, 2.75) is 12.8 Å². The van der Waals surface area contributed by atoms with Crippen molar-refractivity contribution >= 4 is 54.4 Å². The topological polar surface area (TPSA) is 88.3 Å². The minimum Gasteiger partial charge on any atom is -0.492 e. The monoisotopic (exact) mass is 484 g/mol. The molecule has 0 aliphatic carbocycles. The van der Waals surface area contributed by atoms with Crippen molar-refractivity contribution in [3.05, 3.63) is 63.2 Å². The molecule has 9 heteroatoms. The number of H-pyrrole nitrogens is 1. The highest BCUT2D eigenvalue weighted by Crippen LogP contribution is 2.27. The number of carbonyl (C=O) groups is 1. The number of aromatic amines is 1. The first-order valence-electron chi connectivity index (χ1n) is 8.44. The maximum Gasteiger partial charge on any atom is 0.281 e. The number of para-hydroxylation sites is 1. The van der Waals surface area contributed by atoms with Crippen molar-refractivity contribution in [3.63, 3.8) is 0 Å². The first-order chi connectivity index (χ1) is 13.2. The second-order valence-electron chi connectivity index (χ2n) is 6.25. The molecule has 0 fully saturated rings. The Morgan fingerprint density at radius 1 is 1.25 bits per heavy atom. The number of benzene rings is 2. The van der Waals surface area contributed by atoms with Crippen LogP contribution in [0, 0.1) is 0 Å². The molecule has 2 aromatic carbocycles. The fraction of sp³-hybridized carbons (Fsp3) is 0.211. The Hall–Kier alpha value is -2.03. The largest absolute Gasteiger partial charge is 0.492 e. The summed E-state index contributed by atoms with van der Waals surface area (Å²) < 4.78 is 31.6. The van der Waals surface area contributed by atoms with Crippen molar-refractivity contribution < 1.29 is 17.9 Å². The summed E-state index contributed by atoms with van der Waals surface area (Å²) in [6, 6.07) is 12.8. The number of hydrogen-bond donors (Lipinski definition) is 2. The third-order valence-electron chi connectivity index (χ3n) is 4.04. The minimum absolute atomic E-state index is 0.212. The van der Waals surface area contributed by atoms with E-state index in [4.69, 9.17) is 16.3 Å². The molecule has 1 aromatic heterocycles. The zero-order chi connectivity index (χ0) is 20.3. The molecule has 6 nitrogen and oxygen atoms in total. The van der Waals surface area contributed by atoms with E-state index in [1.807, 2.05) is 35.1 Å². The number of carbonyl (C=O) groups excluding carboxylic acids is 1. The molecule has 148 valence electrons. The van der Waals surface area contributed by atoms with Crippen molar-refractivity contribution in [2.75, 3.05) is 12.9 Å². The van der Waals surface area contributed by atoms with Gasteiger partial charge in [-0.25, -0.2) is 13.1 Å². The fourth-order valence-electron chi connectivity index (χ4n) is 2.89. The number of hydrogen-bond acceptors (Lipinski definition) is 4. The second-order valence-corrected chi connectivity index (χ2v) is 9.29. The average Bonchev–Trinajstić information content (AvgIpc) is 2.96. The van der Waals surface area contributed by atoms with Crippen LogP contribution in [0.3, 0.4) is 0 Å². The summed E-state index contributed by atoms with van der Waals surface area (Å²) >= 11 is 9.47. The molecule has 0 bridgehead atoms. The Kier molecular flexibility index (Phi) is 6.32. The van der Waals surface area contributed by atoms with E-state index in [2.05, 4.69) is 20.9 Å². The molecule has 0 aliphatic heterocycles. The van der Waals surface area contributed by atoms with Gasteiger partial charge in [-0.05, 0) is 58.6 Å². The minimum atomic E-state index is -3.68. The summed E-state index contributed by atoms with van der Waals surface area (Å²) in [6.45, 7) is 0.440. The Labute approximate surface area is 176 Å². The number of nitrogens with one attached hydrogen (secondary N) is 2. The lowest BCUT2D eigenvalue weighted by Crippen LogP contribution is -2.30. The van der Waals surface area contributed by atoms with Crippen LogP contribution in [-0.4, -0.2) is 32.2 Å². The Morgan fingerprint density at radius 3 is 2.71 bits per heavy atom. The maximum absolute atomic E-state index is 12.4. The third-order valence-corrected chi connectivity index (χ3v) is 5.49. The molecular weight excluding hydrogens is 468 g/mol. The van der Waals surface area contributed by atoms with Gasteiger partial charge in [-0.3, -0.25) is 4.79 Å². The number of amides is 1. The average molecular weight is 486 g/mol. The number of fused-ring (bicyclic) bond motifs is 1. The number of aromatic nitrogens is 1. The molecule has 3 aromatic rings. The SMILES string of the molecule is CS(=O)(=O)NC(=O)c1[nH]c2cc(Cl)ccc2c1CCCOc1ccccc1Br. The van der Waals surface area contributed by atoms with Gasteiger partial charge in [-0.2, -0.15) is 0 Å². The molecule has 0 saturated heterocycles. The van der Waals surface area contributed by atoms with E-state index in [1.165, 1.54) is 0 Å². The van der Waals surface area contributed by atoms with Crippen LogP contribution in [0.15, 0.2) is 46.9 Å². The van der Waals surface area contributed by atoms with Crippen LogP contribution in [0.2, 0.25) is 5.02 Å². The molecule has 0 radical (unpaired) electrons. The Morgan fingerprint density at radius 2 is 2.00 bits per heavy atom. The number of halogens is 2. The summed E-state index contributed by atoms with van der Waals surface area (Å²) in [5.74, 6) is 0.0415. The van der Waals surface area contributed by atoms with Crippen LogP contribution in [0.4, 0.5) is 0 Å². The van der Waals surface area contributed by atoms with Gasteiger partial charge in [-0.1, -0.05) is 29.8 Å². The Balaban J connectivity index is 1.81. The zero-order valence-corrected chi connectivity index (χ0v) is 18.1. The van der Waals surface area contributed by atoms with Gasteiger partial charge in [0.15, 0.2) is 0 Å². The van der Waals surface area contributed by atoms with Crippen LogP contribution in [0.5, 0.6) is 5.75 Å². The lowest BCUT2D eigenvalue weighted by Gasteiger charge is -2.09. The number of ether oxygens (including phenoxy) is 1. The van der Waals surface area contributed by atoms with Gasteiger partial charge in [0.05, 0.1) is 17.3 Å². The molecule has 1 heterocycles. The van der Waals surface area contributed by atoms with Gasteiger partial charge in [-0.15, -0.1) is 0 Å². The summed E-state index contributed by atoms with van der Waals surface area (Å²) in [6.07, 6.45) is 2.10. The summed E-state index contributed by atoms with van der Waals surface area (Å²) in [5.41, 5.74) is 1.61. The molecule has 0 spiro atoms. The van der Waals surface area contributed by atoms with E-state index in [-0.39, 0.29) is 5.69 Å². The smallest absolute Gasteiger partial charge is 0.281 e. The Bertz CT molecular complexity index is 1130. The number of sulfonamides is 1. The van der Waals surface area contributed by atoms with Crippen LogP contribution in [-0.2, 0) is 16.4 Å². The van der Waals surface area contributed by atoms with E-state index >= 15 is 0 Å². The quantitative estimate of drug-likeness (QED) is 0.489. The first-order valence-corrected chi connectivity index (χ1v) is 11.5. The van der Waals surface area contributed by atoms with Crippen LogP contribution < -0.4 is 9.46 Å². The van der Waals surface area contributed by atoms with Gasteiger partial charge < -0.3 is 9.72 Å². The molecule has 0 aliphatic rings. The first kappa shape index (κ1) is 20.7. The van der Waals surface area contributed by atoms with Crippen molar-refractivity contribution in [2.24, 2.45) is 0 Å². The van der Waals surface area contributed by atoms with Gasteiger partial charge in [0.1, 0.15) is 11.4 Å². The molecule has 28 heavy (non-hydrogen) atoms. The van der Waals surface area contributed by atoms with E-state index in [0.29, 0.717) is 30.0 Å². The van der Waals surface area contributed by atoms with E-state index in [9.17, 15) is 13.2 Å². The summed E-state index contributed by atoms with van der Waals surface area (Å²) in [5, 5.41) is 1.34. The second kappa shape index (κ2) is 8.55. The van der Waals surface area contributed by atoms with Gasteiger partial charge in [0.2, 0.25) is 10.0 Å². The molecule has 0 atom stereocenters. The maximum atomic E-state index is 12.4. The van der Waals surface area contributed by atoms with Crippen molar-refractivity contribution in [3.8, 4) is 5.75 Å². The van der Waals surface area contributed by atoms with Crippen LogP contribution >= 0.6 is 27.5 Å². The highest BCUT2D eigenvalue weighted by atomic mass is 79.9. The van der Waals surface area contributed by atoms with E-state index in [1.54, 1.807) is 12.1 Å². The highest BCUT2D eigenvalue weighted by Gasteiger charge is 2.20. The van der Waals surface area contributed by atoms with Gasteiger partial charge in [0, 0.05) is 15.9 Å². The molecule has 3 rings (SSSR count). The zero-order valence-electron chi connectivity index (χ0n) is 15.0. The van der Waals surface area contributed by atoms with E-state index in [0.717, 1.165) is 27.4 Å². The van der Waals surface area contributed by atoms with Crippen LogP contribution in [0.1, 0.15) is 22.5 Å². The van der Waals surface area contributed by atoms with E-state index < -0.39 is 15.9 Å².